The van der Waals surface area contributed by atoms with Gasteiger partial charge in [-0.15, -0.1) is 10.2 Å². The predicted molar refractivity (Wildman–Crippen MR) is 283 cm³/mol. The Morgan fingerprint density at radius 1 is 0.949 bits per heavy atom. The second-order valence-electron chi connectivity index (χ2n) is 23.2. The third-order valence-electron chi connectivity index (χ3n) is 16.8. The van der Waals surface area contributed by atoms with E-state index in [-0.39, 0.29) is 36.7 Å². The minimum Gasteiger partial charge on any atom is -0.459 e. The summed E-state index contributed by atoms with van der Waals surface area (Å²) < 4.78 is 62.0. The first-order chi connectivity index (χ1) is 36.6. The second kappa shape index (κ2) is 26.3. The number of cyclic esters (lactones) is 1. The number of likely N-dealkylation sites (N-methyl/N-ethyl adjacent to an activating group) is 2. The molecule has 3 aliphatic heterocycles. The highest BCUT2D eigenvalue weighted by Gasteiger charge is 2.53. The lowest BCUT2D eigenvalue weighted by atomic mass is 9.77. The van der Waals surface area contributed by atoms with Crippen molar-refractivity contribution in [2.24, 2.45) is 17.8 Å². The molecule has 78 heavy (non-hydrogen) atoms. The van der Waals surface area contributed by atoms with Crippen LogP contribution in [0.25, 0.3) is 5.69 Å². The number of hydrogen-bond acceptors (Lipinski definition) is 20. The molecular weight excluding hydrogens is 1020 g/mol. The smallest absolute Gasteiger partial charge is 0.311 e. The lowest BCUT2D eigenvalue weighted by Crippen LogP contribution is -2.61. The molecule has 0 aliphatic carbocycles. The van der Waals surface area contributed by atoms with E-state index in [1.54, 1.807) is 78.9 Å². The van der Waals surface area contributed by atoms with Crippen molar-refractivity contribution in [2.45, 2.75) is 211 Å². The minimum atomic E-state index is -1.86. The topological polar surface area (TPSA) is 268 Å². The van der Waals surface area contributed by atoms with E-state index in [1.165, 1.54) is 43.6 Å². The Bertz CT molecular complexity index is 2400. The molecule has 0 radical (unpaired) electrons. The number of halogens is 1. The largest absolute Gasteiger partial charge is 0.459 e. The van der Waals surface area contributed by atoms with Gasteiger partial charge in [0, 0.05) is 71.3 Å². The fraction of sp³-hybridized carbons (Fsp3) is 0.782. The molecule has 0 spiro atoms. The van der Waals surface area contributed by atoms with Gasteiger partial charge >= 0.3 is 5.97 Å². The van der Waals surface area contributed by atoms with Crippen LogP contribution >= 0.6 is 0 Å². The summed E-state index contributed by atoms with van der Waals surface area (Å²) in [4.78, 5) is 30.2. The summed E-state index contributed by atoms with van der Waals surface area (Å²) in [6.07, 6.45) is -6.79. The highest BCUT2D eigenvalue weighted by molar-refractivity contribution is 5.91. The molecule has 20 atom stereocenters. The van der Waals surface area contributed by atoms with Crippen molar-refractivity contribution in [3.05, 3.63) is 53.6 Å². The first-order valence-corrected chi connectivity index (χ1v) is 27.4. The summed E-state index contributed by atoms with van der Waals surface area (Å²) in [5, 5.41) is 76.5. The predicted octanol–water partition coefficient (Wildman–Crippen LogP) is 3.79. The van der Waals surface area contributed by atoms with Crippen LogP contribution in [-0.2, 0) is 44.4 Å². The van der Waals surface area contributed by atoms with Gasteiger partial charge < -0.3 is 68.5 Å². The molecular formula is C55H89FN8O14. The molecule has 0 bridgehead atoms. The summed E-state index contributed by atoms with van der Waals surface area (Å²) >= 11 is 0. The molecule has 5 N–H and O–H groups in total. The molecule has 22 nitrogen and oxygen atoms in total. The van der Waals surface area contributed by atoms with Gasteiger partial charge in [-0.05, 0) is 105 Å². The van der Waals surface area contributed by atoms with Crippen LogP contribution in [-0.4, -0.2) is 215 Å². The van der Waals surface area contributed by atoms with Gasteiger partial charge in [0.05, 0.1) is 59.1 Å². The number of carbonyl (C=O) groups excluding carboxylic acids is 2. The third kappa shape index (κ3) is 14.2. The number of hydrogen-bond donors (Lipinski definition) is 5. The maximum absolute atomic E-state index is 15.0. The van der Waals surface area contributed by atoms with Crippen molar-refractivity contribution in [2.75, 3.05) is 48.1 Å². The number of benzene rings is 1. The summed E-state index contributed by atoms with van der Waals surface area (Å²) in [6, 6.07) is 5.15. The van der Waals surface area contributed by atoms with Crippen LogP contribution in [0.3, 0.4) is 0 Å². The molecule has 0 amide bonds. The van der Waals surface area contributed by atoms with E-state index in [2.05, 4.69) is 20.6 Å². The number of ketones is 1. The van der Waals surface area contributed by atoms with E-state index in [0.29, 0.717) is 42.9 Å². The summed E-state index contributed by atoms with van der Waals surface area (Å²) in [5.41, 5.74) is -2.48. The molecule has 3 aliphatic rings. The number of carbonyl (C=O) groups is 2. The van der Waals surface area contributed by atoms with Gasteiger partial charge in [0.25, 0.3) is 0 Å². The molecule has 3 saturated heterocycles. The van der Waals surface area contributed by atoms with Gasteiger partial charge in [-0.1, -0.05) is 43.3 Å². The Morgan fingerprint density at radius 2 is 1.63 bits per heavy atom. The summed E-state index contributed by atoms with van der Waals surface area (Å²) in [5.74, 6) is -3.13. The quantitative estimate of drug-likeness (QED) is 0.0951. The number of ether oxygens (including phenoxy) is 7. The Labute approximate surface area is 458 Å². The first kappa shape index (κ1) is 63.2. The highest BCUT2D eigenvalue weighted by atomic mass is 19.1. The SMILES string of the molecule is CC[C@H]1OC(=O)[C@H](C)[C@@H](O[C@H]2C[C@@](C)(OC)[C@@H](O)[C@H](C)O2)[C@H](C)[C@@H](O[C@@H]2O[C@H](C)C[C@H](N(C)CCc3cn([C@H](CF)[C@H](OC)c4ccc(-n5cc(C(C)=O)nn5)cc4)nn3)[C@H]2O)[C@](C)(O)C[C@@H](C)CN(C)[C@H](C)[C@@H](O)[C@]1(C)O. The molecule has 0 saturated carbocycles. The standard InChI is InChI=1S/C55H89FN8O14/c1-16-43-55(11,71)48(67)34(6)62(13)27-30(2)24-53(9,70)50(32(4)46(33(5)51(69)76-43)77-44-25-54(10,73-15)49(68)36(8)75-44)78-52-45(66)41(23-31(3)74-52)61(12)22-21-38-28-64(59-57-38)42(26-56)47(72-14)37-17-19-39(20-18-37)63-29-40(35(7)65)58-60-63/h17-20,28-34,36,41-50,52,66-68,70-71H,16,21-27H2,1-15H3/t30-,31-,32+,33-,34-,36+,41+,42-,43-,44+,45-,46+,47-,48-,49+,50-,52+,53-,54-,55-/m1/s1. The molecule has 6 rings (SSSR count). The van der Waals surface area contributed by atoms with Crippen LogP contribution in [0.5, 0.6) is 0 Å². The Hall–Kier alpha value is -3.95. The highest BCUT2D eigenvalue weighted by Crippen LogP contribution is 2.41. The number of aliphatic hydroxyl groups is 5. The van der Waals surface area contributed by atoms with Crippen LogP contribution in [0.2, 0.25) is 0 Å². The summed E-state index contributed by atoms with van der Waals surface area (Å²) in [7, 11) is 6.68. The second-order valence-corrected chi connectivity index (χ2v) is 23.2. The number of nitrogens with zero attached hydrogens (tertiary/aromatic N) is 8. The number of rotatable bonds is 17. The van der Waals surface area contributed by atoms with E-state index in [1.807, 2.05) is 37.7 Å². The maximum atomic E-state index is 15.0. The van der Waals surface area contributed by atoms with Crippen LogP contribution in [0.4, 0.5) is 4.39 Å². The zero-order valence-electron chi connectivity index (χ0n) is 48.3. The first-order valence-electron chi connectivity index (χ1n) is 27.4. The van der Waals surface area contributed by atoms with Gasteiger partial charge in [-0.3, -0.25) is 9.59 Å². The van der Waals surface area contributed by atoms with Gasteiger partial charge in [-0.25, -0.2) is 13.8 Å². The fourth-order valence-corrected chi connectivity index (χ4v) is 11.9. The molecule has 440 valence electrons. The van der Waals surface area contributed by atoms with Crippen LogP contribution in [0, 0.1) is 17.8 Å². The number of esters is 1. The Kier molecular flexibility index (Phi) is 21.3. The normalized spacial score (nSPS) is 37.8. The number of aliphatic hydroxyl groups excluding tert-OH is 3. The van der Waals surface area contributed by atoms with Gasteiger partial charge in [-0.2, -0.15) is 0 Å². The number of alkyl halides is 1. The molecule has 0 unspecified atom stereocenters. The van der Waals surface area contributed by atoms with Crippen molar-refractivity contribution >= 4 is 11.8 Å². The number of methoxy groups -OCH3 is 2. The van der Waals surface area contributed by atoms with Crippen molar-refractivity contribution in [3.8, 4) is 5.69 Å². The van der Waals surface area contributed by atoms with E-state index in [4.69, 9.17) is 33.2 Å². The Balaban J connectivity index is 1.25. The molecule has 3 aromatic rings. The Morgan fingerprint density at radius 3 is 2.23 bits per heavy atom. The zero-order chi connectivity index (χ0) is 57.8. The minimum absolute atomic E-state index is 0.0742. The van der Waals surface area contributed by atoms with Crippen LogP contribution < -0.4 is 0 Å². The van der Waals surface area contributed by atoms with E-state index in [0.717, 1.165) is 0 Å². The molecule has 3 fully saturated rings. The van der Waals surface area contributed by atoms with Crippen molar-refractivity contribution in [1.82, 2.24) is 39.8 Å². The fourth-order valence-electron chi connectivity index (χ4n) is 11.9. The lowest BCUT2D eigenvalue weighted by molar-refractivity contribution is -0.318. The lowest BCUT2D eigenvalue weighted by Gasteiger charge is -2.49. The van der Waals surface area contributed by atoms with E-state index >= 15 is 0 Å². The molecule has 23 heteroatoms. The third-order valence-corrected chi connectivity index (χ3v) is 16.8. The molecule has 5 heterocycles. The monoisotopic (exact) mass is 1100 g/mol. The maximum Gasteiger partial charge on any atom is 0.311 e. The van der Waals surface area contributed by atoms with E-state index in [9.17, 15) is 39.5 Å². The van der Waals surface area contributed by atoms with Crippen LogP contribution in [0.1, 0.15) is 136 Å². The van der Waals surface area contributed by atoms with Crippen molar-refractivity contribution in [3.63, 3.8) is 0 Å². The van der Waals surface area contributed by atoms with Crippen molar-refractivity contribution in [1.29, 1.82) is 0 Å². The van der Waals surface area contributed by atoms with Crippen molar-refractivity contribution < 1.29 is 72.7 Å². The molecule has 2 aromatic heterocycles. The average molecular weight is 1110 g/mol. The van der Waals surface area contributed by atoms with Gasteiger partial charge in [0.15, 0.2) is 18.4 Å². The number of aromatic nitrogens is 6. The molecule has 1 aromatic carbocycles. The zero-order valence-corrected chi connectivity index (χ0v) is 48.3. The average Bonchev–Trinajstić information content (AvgIpc) is 4.12. The summed E-state index contributed by atoms with van der Waals surface area (Å²) in [6.45, 7) is 18.7. The van der Waals surface area contributed by atoms with Gasteiger partial charge in [0.1, 0.15) is 54.5 Å². The van der Waals surface area contributed by atoms with E-state index < -0.39 is 127 Å². The number of Topliss-reactive ketones (excluding diaryl/α,β-unsaturated/α-hetero) is 1. The van der Waals surface area contributed by atoms with Crippen LogP contribution in [0.15, 0.2) is 36.7 Å². The van der Waals surface area contributed by atoms with Gasteiger partial charge in [0.2, 0.25) is 0 Å².